The van der Waals surface area contributed by atoms with E-state index in [1.165, 1.54) is 18.5 Å². The van der Waals surface area contributed by atoms with Crippen LogP contribution in [0.15, 0.2) is 30.6 Å². The smallest absolute Gasteiger partial charge is 0.335 e. The lowest BCUT2D eigenvalue weighted by atomic mass is 10.2. The predicted molar refractivity (Wildman–Crippen MR) is 72.8 cm³/mol. The number of nitrogens with zero attached hydrogens (tertiary/aromatic N) is 3. The van der Waals surface area contributed by atoms with E-state index in [2.05, 4.69) is 25.3 Å². The fourth-order valence-electron chi connectivity index (χ4n) is 1.77. The molecule has 3 rings (SSSR count). The number of nitrogen functional groups attached to an aromatic ring is 1. The van der Waals surface area contributed by atoms with Crippen molar-refractivity contribution in [2.24, 2.45) is 0 Å². The second-order valence-electron chi connectivity index (χ2n) is 4.04. The van der Waals surface area contributed by atoms with Gasteiger partial charge in [-0.2, -0.15) is 9.97 Å². The molecule has 0 aliphatic carbocycles. The number of nitrogens with two attached hydrogens (primary N) is 1. The number of benzene rings is 1. The molecule has 0 fully saturated rings. The maximum Gasteiger partial charge on any atom is 0.335 e. The minimum Gasteiger partial charge on any atom is -0.478 e. The van der Waals surface area contributed by atoms with Crippen molar-refractivity contribution >= 4 is 34.6 Å². The number of aromatic nitrogens is 4. The van der Waals surface area contributed by atoms with E-state index in [0.717, 1.165) is 0 Å². The fraction of sp³-hybridized carbons (Fsp3) is 0. The Labute approximate surface area is 112 Å². The van der Waals surface area contributed by atoms with Gasteiger partial charge < -0.3 is 21.1 Å². The minimum absolute atomic E-state index is 0.106. The molecule has 8 heteroatoms. The van der Waals surface area contributed by atoms with Gasteiger partial charge in [0.1, 0.15) is 5.52 Å². The summed E-state index contributed by atoms with van der Waals surface area (Å²) < 4.78 is 0. The lowest BCUT2D eigenvalue weighted by Crippen LogP contribution is -2.02. The van der Waals surface area contributed by atoms with Crippen LogP contribution in [0.5, 0.6) is 0 Å². The first-order valence-corrected chi connectivity index (χ1v) is 5.70. The Hall–Kier alpha value is -3.16. The summed E-state index contributed by atoms with van der Waals surface area (Å²) >= 11 is 0. The number of aromatic carboxylic acids is 1. The lowest BCUT2D eigenvalue weighted by Gasteiger charge is -2.07. The molecule has 0 atom stereocenters. The van der Waals surface area contributed by atoms with E-state index in [4.69, 9.17) is 10.8 Å². The molecule has 0 saturated heterocycles. The highest BCUT2D eigenvalue weighted by Crippen LogP contribution is 2.22. The van der Waals surface area contributed by atoms with Crippen LogP contribution >= 0.6 is 0 Å². The molecule has 2 heterocycles. The molecule has 100 valence electrons. The number of carboxylic acid groups (broad SMARTS) is 1. The quantitative estimate of drug-likeness (QED) is 0.565. The van der Waals surface area contributed by atoms with Crippen LogP contribution in [0.3, 0.4) is 0 Å². The van der Waals surface area contributed by atoms with Gasteiger partial charge in [-0.1, -0.05) is 0 Å². The Balaban J connectivity index is 1.96. The lowest BCUT2D eigenvalue weighted by molar-refractivity contribution is 0.0697. The second kappa shape index (κ2) is 4.50. The van der Waals surface area contributed by atoms with Crippen LogP contribution in [0, 0.1) is 0 Å². The minimum atomic E-state index is -0.973. The highest BCUT2D eigenvalue weighted by molar-refractivity contribution is 5.89. The van der Waals surface area contributed by atoms with Crippen molar-refractivity contribution in [3.8, 4) is 0 Å². The van der Waals surface area contributed by atoms with E-state index >= 15 is 0 Å². The van der Waals surface area contributed by atoms with Crippen molar-refractivity contribution in [3.05, 3.63) is 36.2 Å². The number of carboxylic acids is 1. The zero-order valence-corrected chi connectivity index (χ0v) is 10.2. The molecule has 0 unspecified atom stereocenters. The third-order valence-electron chi connectivity index (χ3n) is 2.70. The summed E-state index contributed by atoms with van der Waals surface area (Å²) in [4.78, 5) is 25.8. The Morgan fingerprint density at radius 1 is 1.25 bits per heavy atom. The number of anilines is 3. The zero-order chi connectivity index (χ0) is 14.1. The summed E-state index contributed by atoms with van der Waals surface area (Å²) in [7, 11) is 0. The third kappa shape index (κ3) is 2.09. The van der Waals surface area contributed by atoms with E-state index in [9.17, 15) is 4.79 Å². The Morgan fingerprint density at radius 2 is 2.00 bits per heavy atom. The van der Waals surface area contributed by atoms with E-state index in [1.54, 1.807) is 12.1 Å². The molecule has 0 amide bonds. The van der Waals surface area contributed by atoms with Crippen LogP contribution in [-0.2, 0) is 0 Å². The van der Waals surface area contributed by atoms with Gasteiger partial charge in [0.05, 0.1) is 11.9 Å². The average Bonchev–Trinajstić information content (AvgIpc) is 2.87. The zero-order valence-electron chi connectivity index (χ0n) is 10.2. The maximum atomic E-state index is 10.8. The van der Waals surface area contributed by atoms with E-state index in [-0.39, 0.29) is 11.5 Å². The van der Waals surface area contributed by atoms with Gasteiger partial charge in [0.2, 0.25) is 5.95 Å². The van der Waals surface area contributed by atoms with Gasteiger partial charge in [0.15, 0.2) is 11.5 Å². The molecular weight excluding hydrogens is 260 g/mol. The standard InChI is InChI=1S/C12H10N6O2/c13-12-17-9-8(14-5-15-9)10(18-12)16-7-3-1-6(2-4-7)11(19)20/h1-5H,(H,19,20)(H4,13,14,15,16,17,18). The van der Waals surface area contributed by atoms with Gasteiger partial charge >= 0.3 is 5.97 Å². The molecule has 1 aromatic carbocycles. The first-order chi connectivity index (χ1) is 9.63. The number of rotatable bonds is 3. The molecule has 0 aliphatic rings. The molecule has 0 saturated carbocycles. The van der Waals surface area contributed by atoms with Gasteiger partial charge in [-0.3, -0.25) is 0 Å². The largest absolute Gasteiger partial charge is 0.478 e. The van der Waals surface area contributed by atoms with Crippen LogP contribution in [0.1, 0.15) is 10.4 Å². The van der Waals surface area contributed by atoms with Gasteiger partial charge in [-0.15, -0.1) is 0 Å². The maximum absolute atomic E-state index is 10.8. The molecule has 8 nitrogen and oxygen atoms in total. The molecule has 20 heavy (non-hydrogen) atoms. The summed E-state index contributed by atoms with van der Waals surface area (Å²) in [6, 6.07) is 6.28. The van der Waals surface area contributed by atoms with Crippen LogP contribution in [0.25, 0.3) is 11.2 Å². The van der Waals surface area contributed by atoms with Crippen LogP contribution in [0.4, 0.5) is 17.5 Å². The summed E-state index contributed by atoms with van der Waals surface area (Å²) in [5.41, 5.74) is 7.59. The second-order valence-corrected chi connectivity index (χ2v) is 4.04. The van der Waals surface area contributed by atoms with Crippen LogP contribution < -0.4 is 11.1 Å². The number of nitrogens with one attached hydrogen (secondary N) is 2. The molecule has 0 spiro atoms. The van der Waals surface area contributed by atoms with Crippen molar-refractivity contribution < 1.29 is 9.90 Å². The third-order valence-corrected chi connectivity index (χ3v) is 2.70. The Kier molecular flexibility index (Phi) is 2.68. The van der Waals surface area contributed by atoms with Crippen molar-refractivity contribution in [2.45, 2.75) is 0 Å². The highest BCUT2D eigenvalue weighted by Gasteiger charge is 2.09. The first-order valence-electron chi connectivity index (χ1n) is 5.70. The number of carbonyl (C=O) groups is 1. The molecule has 0 radical (unpaired) electrons. The van der Waals surface area contributed by atoms with E-state index in [1.807, 2.05) is 0 Å². The van der Waals surface area contributed by atoms with E-state index < -0.39 is 5.97 Å². The van der Waals surface area contributed by atoms with Crippen molar-refractivity contribution in [1.82, 2.24) is 19.9 Å². The number of hydrogen-bond acceptors (Lipinski definition) is 6. The Bertz CT molecular complexity index is 780. The first kappa shape index (κ1) is 11.9. The summed E-state index contributed by atoms with van der Waals surface area (Å²) in [5, 5.41) is 11.9. The molecule has 0 aliphatic heterocycles. The predicted octanol–water partition coefficient (Wildman–Crippen LogP) is 1.38. The molecule has 0 bridgehead atoms. The highest BCUT2D eigenvalue weighted by atomic mass is 16.4. The van der Waals surface area contributed by atoms with Crippen LogP contribution in [-0.4, -0.2) is 31.0 Å². The normalized spacial score (nSPS) is 10.6. The monoisotopic (exact) mass is 270 g/mol. The Morgan fingerprint density at radius 3 is 2.70 bits per heavy atom. The molecule has 2 aromatic heterocycles. The van der Waals surface area contributed by atoms with Gasteiger partial charge in [-0.05, 0) is 24.3 Å². The number of hydrogen-bond donors (Lipinski definition) is 4. The van der Waals surface area contributed by atoms with E-state index in [0.29, 0.717) is 22.7 Å². The number of H-pyrrole nitrogens is 1. The van der Waals surface area contributed by atoms with Crippen molar-refractivity contribution in [3.63, 3.8) is 0 Å². The fourth-order valence-corrected chi connectivity index (χ4v) is 1.77. The number of imidazole rings is 1. The van der Waals surface area contributed by atoms with Crippen molar-refractivity contribution in [2.75, 3.05) is 11.1 Å². The number of aromatic amines is 1. The van der Waals surface area contributed by atoms with Crippen LogP contribution in [0.2, 0.25) is 0 Å². The SMILES string of the molecule is Nc1nc(Nc2ccc(C(=O)O)cc2)c2[nH]cnc2n1. The topological polar surface area (TPSA) is 130 Å². The van der Waals surface area contributed by atoms with Crippen molar-refractivity contribution in [1.29, 1.82) is 0 Å². The van der Waals surface area contributed by atoms with Gasteiger partial charge in [0.25, 0.3) is 0 Å². The van der Waals surface area contributed by atoms with Gasteiger partial charge in [0, 0.05) is 5.69 Å². The number of fused-ring (bicyclic) bond motifs is 1. The molecule has 5 N–H and O–H groups in total. The average molecular weight is 270 g/mol. The van der Waals surface area contributed by atoms with Gasteiger partial charge in [-0.25, -0.2) is 9.78 Å². The molecular formula is C12H10N6O2. The summed E-state index contributed by atoms with van der Waals surface area (Å²) in [6.07, 6.45) is 1.50. The summed E-state index contributed by atoms with van der Waals surface area (Å²) in [6.45, 7) is 0. The molecule has 3 aromatic rings. The summed E-state index contributed by atoms with van der Waals surface area (Å²) in [5.74, 6) is -0.388.